The van der Waals surface area contributed by atoms with Crippen LogP contribution in [0.1, 0.15) is 91.9 Å². The summed E-state index contributed by atoms with van der Waals surface area (Å²) in [5.74, 6) is -6.30. The van der Waals surface area contributed by atoms with Gasteiger partial charge in [0, 0.05) is 19.0 Å². The van der Waals surface area contributed by atoms with E-state index >= 15 is 0 Å². The first-order valence-corrected chi connectivity index (χ1v) is 13.8. The highest BCUT2D eigenvalue weighted by Gasteiger charge is 2.49. The minimum Gasteiger partial charge on any atom is -0.465 e. The van der Waals surface area contributed by atoms with E-state index < -0.39 is 71.9 Å². The summed E-state index contributed by atoms with van der Waals surface area (Å²) in [4.78, 5) is 65.7. The van der Waals surface area contributed by atoms with Gasteiger partial charge in [0.2, 0.25) is 23.5 Å². The molecule has 0 aromatic rings. The van der Waals surface area contributed by atoms with E-state index in [1.54, 1.807) is 20.8 Å². The van der Waals surface area contributed by atoms with Crippen molar-refractivity contribution in [3.63, 3.8) is 0 Å². The number of hydrogen-bond donors (Lipinski definition) is 4. The van der Waals surface area contributed by atoms with Gasteiger partial charge in [-0.25, -0.2) is 13.6 Å². The van der Waals surface area contributed by atoms with Crippen molar-refractivity contribution in [2.75, 3.05) is 6.54 Å². The van der Waals surface area contributed by atoms with E-state index in [4.69, 9.17) is 0 Å². The average molecular weight is 557 g/mol. The van der Waals surface area contributed by atoms with E-state index in [1.165, 1.54) is 4.90 Å². The maximum absolute atomic E-state index is 13.7. The highest BCUT2D eigenvalue weighted by Crippen LogP contribution is 2.48. The highest BCUT2D eigenvalue weighted by molar-refractivity contribution is 6.38. The van der Waals surface area contributed by atoms with Crippen LogP contribution in [0.2, 0.25) is 0 Å². The molecule has 0 aromatic carbocycles. The lowest BCUT2D eigenvalue weighted by Gasteiger charge is -2.46. The molecule has 3 unspecified atom stereocenters. The predicted molar refractivity (Wildman–Crippen MR) is 138 cm³/mol. The van der Waals surface area contributed by atoms with Crippen LogP contribution in [-0.4, -0.2) is 76.2 Å². The molecular weight excluding hydrogens is 514 g/mol. The molecule has 4 N–H and O–H groups in total. The van der Waals surface area contributed by atoms with Gasteiger partial charge in [-0.05, 0) is 62.7 Å². The van der Waals surface area contributed by atoms with Crippen LogP contribution in [0.5, 0.6) is 0 Å². The third-order valence-corrected chi connectivity index (χ3v) is 8.16. The van der Waals surface area contributed by atoms with Gasteiger partial charge in [0.25, 0.3) is 5.91 Å². The second-order valence-electron chi connectivity index (χ2n) is 12.7. The van der Waals surface area contributed by atoms with Gasteiger partial charge >= 0.3 is 6.09 Å². The number of piperidine rings is 1. The molecule has 1 spiro atoms. The Balaban J connectivity index is 1.86. The molecule has 4 amide bonds. The maximum atomic E-state index is 13.7. The number of amides is 4. The molecule has 3 atom stereocenters. The largest absolute Gasteiger partial charge is 0.465 e. The number of carbonyl (C=O) groups excluding carboxylic acids is 4. The Morgan fingerprint density at radius 3 is 2.13 bits per heavy atom. The fourth-order valence-electron chi connectivity index (χ4n) is 5.73. The number of halogens is 2. The molecule has 3 rings (SSSR count). The first-order chi connectivity index (χ1) is 18.0. The Morgan fingerprint density at radius 1 is 1.00 bits per heavy atom. The van der Waals surface area contributed by atoms with E-state index in [0.717, 1.165) is 38.5 Å². The number of carbonyl (C=O) groups is 5. The summed E-state index contributed by atoms with van der Waals surface area (Å²) < 4.78 is 27.4. The molecule has 10 nitrogen and oxygen atoms in total. The Hall–Kier alpha value is -2.79. The van der Waals surface area contributed by atoms with E-state index in [9.17, 15) is 37.9 Å². The van der Waals surface area contributed by atoms with Crippen LogP contribution in [-0.2, 0) is 19.2 Å². The predicted octanol–water partition coefficient (Wildman–Crippen LogP) is 2.99. The lowest BCUT2D eigenvalue weighted by molar-refractivity contribution is -0.150. The van der Waals surface area contributed by atoms with Gasteiger partial charge in [0.1, 0.15) is 12.1 Å². The quantitative estimate of drug-likeness (QED) is 0.305. The molecule has 3 aliphatic rings. The van der Waals surface area contributed by atoms with Crippen LogP contribution in [0.15, 0.2) is 0 Å². The molecule has 0 aromatic heterocycles. The fraction of sp³-hybridized carbons (Fsp3) is 0.815. The van der Waals surface area contributed by atoms with Crippen molar-refractivity contribution in [2.45, 2.75) is 122 Å². The monoisotopic (exact) mass is 556 g/mol. The fourth-order valence-corrected chi connectivity index (χ4v) is 5.73. The Labute approximate surface area is 228 Å². The van der Waals surface area contributed by atoms with Crippen LogP contribution >= 0.6 is 0 Å². The van der Waals surface area contributed by atoms with Crippen molar-refractivity contribution in [2.24, 2.45) is 10.8 Å². The molecule has 0 radical (unpaired) electrons. The molecule has 2 saturated carbocycles. The van der Waals surface area contributed by atoms with Crippen LogP contribution in [0.3, 0.4) is 0 Å². The minimum atomic E-state index is -3.11. The number of Topliss-reactive ketones (excluding diaryl/α,β-unsaturated/α-hetero) is 1. The van der Waals surface area contributed by atoms with Crippen molar-refractivity contribution < 1.29 is 37.9 Å². The molecule has 220 valence electrons. The van der Waals surface area contributed by atoms with Crippen LogP contribution in [0, 0.1) is 10.8 Å². The molecule has 3 fully saturated rings. The number of rotatable bonds is 10. The second kappa shape index (κ2) is 11.8. The van der Waals surface area contributed by atoms with Crippen molar-refractivity contribution in [3.05, 3.63) is 0 Å². The lowest BCUT2D eigenvalue weighted by Crippen LogP contribution is -2.63. The molecule has 2 aliphatic carbocycles. The summed E-state index contributed by atoms with van der Waals surface area (Å²) in [6.45, 7) is 6.05. The van der Waals surface area contributed by atoms with E-state index in [-0.39, 0.29) is 18.0 Å². The molecule has 1 saturated heterocycles. The van der Waals surface area contributed by atoms with E-state index in [1.807, 2.05) is 0 Å². The van der Waals surface area contributed by atoms with Crippen LogP contribution in [0.4, 0.5) is 13.6 Å². The Morgan fingerprint density at radius 2 is 1.62 bits per heavy atom. The molecule has 39 heavy (non-hydrogen) atoms. The second-order valence-corrected chi connectivity index (χ2v) is 12.7. The van der Waals surface area contributed by atoms with Gasteiger partial charge in [-0.15, -0.1) is 0 Å². The van der Waals surface area contributed by atoms with Crippen molar-refractivity contribution >= 4 is 29.6 Å². The van der Waals surface area contributed by atoms with Crippen LogP contribution < -0.4 is 16.0 Å². The zero-order valence-electron chi connectivity index (χ0n) is 23.3. The average Bonchev–Trinajstić information content (AvgIpc) is 3.53. The third kappa shape index (κ3) is 8.35. The van der Waals surface area contributed by atoms with Crippen LogP contribution in [0.25, 0.3) is 0 Å². The van der Waals surface area contributed by atoms with Gasteiger partial charge in [-0.1, -0.05) is 33.6 Å². The van der Waals surface area contributed by atoms with E-state index in [2.05, 4.69) is 16.0 Å². The molecule has 1 aliphatic heterocycles. The first-order valence-electron chi connectivity index (χ1n) is 13.8. The molecule has 12 heteroatoms. The van der Waals surface area contributed by atoms with Crippen molar-refractivity contribution in [1.82, 2.24) is 20.9 Å². The highest BCUT2D eigenvalue weighted by atomic mass is 19.3. The summed E-state index contributed by atoms with van der Waals surface area (Å²) in [5.41, 5.74) is -0.972. The SMILES string of the molecule is CC(F)(F)CCC(NC(=O)C1CC2(CCCC2)CCN1C(=O)C(NC(=O)O)C(C)(C)C)C(=O)C(=O)NC1CC1. The number of hydrogen-bond acceptors (Lipinski definition) is 5. The summed E-state index contributed by atoms with van der Waals surface area (Å²) in [6, 6.07) is -3.77. The summed E-state index contributed by atoms with van der Waals surface area (Å²) in [7, 11) is 0. The van der Waals surface area contributed by atoms with Crippen molar-refractivity contribution in [1.29, 1.82) is 0 Å². The number of carboxylic acid groups (broad SMARTS) is 1. The number of alkyl halides is 2. The zero-order valence-corrected chi connectivity index (χ0v) is 23.3. The lowest BCUT2D eigenvalue weighted by atomic mass is 9.73. The van der Waals surface area contributed by atoms with Gasteiger partial charge in [0.05, 0.1) is 6.04 Å². The van der Waals surface area contributed by atoms with E-state index in [0.29, 0.717) is 19.8 Å². The van der Waals surface area contributed by atoms with Gasteiger partial charge in [0.15, 0.2) is 0 Å². The third-order valence-electron chi connectivity index (χ3n) is 8.16. The summed E-state index contributed by atoms with van der Waals surface area (Å²) >= 11 is 0. The number of nitrogens with zero attached hydrogens (tertiary/aromatic N) is 1. The standard InChI is InChI=1S/C27H42F2N4O6/c1-25(2,3)20(32-24(38)39)23(37)33-14-13-27(10-5-6-11-27)15-18(33)21(35)31-17(9-12-26(4,28)29)19(34)22(36)30-16-7-8-16/h16-18,20,32H,5-15H2,1-4H3,(H,30,36)(H,31,35)(H,38,39). The van der Waals surface area contributed by atoms with Gasteiger partial charge in [-0.3, -0.25) is 19.2 Å². The number of likely N-dealkylation sites (tertiary alicyclic amines) is 1. The Bertz CT molecular complexity index is 966. The smallest absolute Gasteiger partial charge is 0.405 e. The van der Waals surface area contributed by atoms with Gasteiger partial charge < -0.3 is 26.0 Å². The van der Waals surface area contributed by atoms with Crippen molar-refractivity contribution in [3.8, 4) is 0 Å². The Kier molecular flexibility index (Phi) is 9.27. The zero-order chi connectivity index (χ0) is 29.2. The number of ketones is 1. The summed E-state index contributed by atoms with van der Waals surface area (Å²) in [6.07, 6.45) is 3.62. The molecule has 0 bridgehead atoms. The minimum absolute atomic E-state index is 0.129. The first kappa shape index (κ1) is 30.7. The normalized spacial score (nSPS) is 22.6. The molecule has 1 heterocycles. The summed E-state index contributed by atoms with van der Waals surface area (Å²) in [5, 5.41) is 16.7. The van der Waals surface area contributed by atoms with Gasteiger partial charge in [-0.2, -0.15) is 0 Å². The topological polar surface area (TPSA) is 145 Å². The maximum Gasteiger partial charge on any atom is 0.405 e. The number of nitrogens with one attached hydrogen (secondary N) is 3. The molecular formula is C27H42F2N4O6.